The average Bonchev–Trinajstić information content (AvgIpc) is 3.41. The van der Waals surface area contributed by atoms with Crippen molar-refractivity contribution in [3.8, 4) is 0 Å². The molecule has 0 bridgehead atoms. The van der Waals surface area contributed by atoms with Crippen LogP contribution >= 0.6 is 0 Å². The number of carboxylic acid groups (broad SMARTS) is 1. The van der Waals surface area contributed by atoms with Crippen molar-refractivity contribution < 1.29 is 19.5 Å². The maximum atomic E-state index is 13.2. The van der Waals surface area contributed by atoms with Gasteiger partial charge in [0.05, 0.1) is 11.6 Å². The maximum absolute atomic E-state index is 13.2. The number of carbonyl (C=O) groups is 3. The highest BCUT2D eigenvalue weighted by Gasteiger charge is 2.50. The van der Waals surface area contributed by atoms with Crippen molar-refractivity contribution >= 4 is 18.4 Å². The Morgan fingerprint density at radius 2 is 1.75 bits per heavy atom. The molecule has 0 aliphatic carbocycles. The molecule has 0 unspecified atom stereocenters. The summed E-state index contributed by atoms with van der Waals surface area (Å²) in [6, 6.07) is 10.3. The summed E-state index contributed by atoms with van der Waals surface area (Å²) < 4.78 is 1.98. The first-order valence-corrected chi connectivity index (χ1v) is 10.7. The Bertz CT molecular complexity index is 1000. The number of nitrogens with zero attached hydrogens (tertiary/aromatic N) is 4. The van der Waals surface area contributed by atoms with Gasteiger partial charge in [0.2, 0.25) is 0 Å². The largest absolute Gasteiger partial charge is 0.483 e. The summed E-state index contributed by atoms with van der Waals surface area (Å²) >= 11 is 0. The third-order valence-electron chi connectivity index (χ3n) is 6.70. The molecule has 2 saturated heterocycles. The summed E-state index contributed by atoms with van der Waals surface area (Å²) in [7, 11) is 5.57. The number of hydrogen-bond acceptors (Lipinski definition) is 3. The van der Waals surface area contributed by atoms with Crippen molar-refractivity contribution in [1.29, 1.82) is 0 Å². The fourth-order valence-corrected chi connectivity index (χ4v) is 4.99. The molecule has 3 amide bonds. The number of likely N-dealkylation sites (tertiary alicyclic amines) is 2. The van der Waals surface area contributed by atoms with E-state index in [4.69, 9.17) is 9.90 Å². The lowest BCUT2D eigenvalue weighted by molar-refractivity contribution is -0.122. The standard InChI is InChI=1S/C23H30N4O2.CH2O2/c1-15-8-6-7-9-18(15)21-20-14-26(22(28)19-10-11-25(5)16(19)2)12-17(20)13-27(21)23(29)24(3)4;2-1-3/h6-11,17,20-21H,12-14H2,1-5H3;1H,(H,2,3)/t17-,20-,21+;/m1./s1. The predicted molar refractivity (Wildman–Crippen MR) is 121 cm³/mol. The lowest BCUT2D eigenvalue weighted by Crippen LogP contribution is -2.42. The van der Waals surface area contributed by atoms with Crippen LogP contribution in [0.1, 0.15) is 33.2 Å². The van der Waals surface area contributed by atoms with Gasteiger partial charge in [0, 0.05) is 64.5 Å². The molecule has 2 aliphatic heterocycles. The average molecular weight is 441 g/mol. The third kappa shape index (κ3) is 4.22. The lowest BCUT2D eigenvalue weighted by atomic mass is 9.88. The molecule has 8 heteroatoms. The number of hydrogen-bond donors (Lipinski definition) is 1. The highest BCUT2D eigenvalue weighted by Crippen LogP contribution is 2.46. The zero-order valence-electron chi connectivity index (χ0n) is 19.4. The summed E-state index contributed by atoms with van der Waals surface area (Å²) in [5, 5.41) is 6.89. The van der Waals surface area contributed by atoms with Crippen LogP contribution in [-0.4, -0.2) is 76.5 Å². The maximum Gasteiger partial charge on any atom is 0.320 e. The predicted octanol–water partition coefficient (Wildman–Crippen LogP) is 2.77. The van der Waals surface area contributed by atoms with E-state index in [0.29, 0.717) is 25.6 Å². The lowest BCUT2D eigenvalue weighted by Gasteiger charge is -2.32. The quantitative estimate of drug-likeness (QED) is 0.728. The molecule has 1 aromatic heterocycles. The molecule has 3 heterocycles. The summed E-state index contributed by atoms with van der Waals surface area (Å²) in [4.78, 5) is 40.1. The van der Waals surface area contributed by atoms with Gasteiger partial charge < -0.3 is 24.4 Å². The number of rotatable bonds is 2. The van der Waals surface area contributed by atoms with Gasteiger partial charge in [0.25, 0.3) is 12.4 Å². The van der Waals surface area contributed by atoms with E-state index in [9.17, 15) is 9.59 Å². The molecular weight excluding hydrogens is 408 g/mol. The Labute approximate surface area is 189 Å². The molecule has 32 heavy (non-hydrogen) atoms. The van der Waals surface area contributed by atoms with Gasteiger partial charge in [0.15, 0.2) is 0 Å². The van der Waals surface area contributed by atoms with Crippen LogP contribution in [0.25, 0.3) is 0 Å². The first kappa shape index (κ1) is 23.4. The molecule has 0 saturated carbocycles. The SMILES string of the molecule is Cc1ccccc1[C@H]1[C@@H]2CN(C(=O)c3ccn(C)c3C)C[C@@H]2CN1C(=O)N(C)C.O=CO. The van der Waals surface area contributed by atoms with Gasteiger partial charge in [-0.25, -0.2) is 4.79 Å². The monoisotopic (exact) mass is 440 g/mol. The number of fused-ring (bicyclic) bond motifs is 1. The van der Waals surface area contributed by atoms with Crippen LogP contribution in [0.3, 0.4) is 0 Å². The third-order valence-corrected chi connectivity index (χ3v) is 6.70. The number of amides is 3. The molecule has 1 aromatic carbocycles. The zero-order chi connectivity index (χ0) is 23.6. The minimum atomic E-state index is -0.250. The van der Waals surface area contributed by atoms with Crippen LogP contribution in [0, 0.1) is 25.7 Å². The van der Waals surface area contributed by atoms with E-state index >= 15 is 0 Å². The normalized spacial score (nSPS) is 21.6. The van der Waals surface area contributed by atoms with Crippen molar-refractivity contribution in [1.82, 2.24) is 19.3 Å². The van der Waals surface area contributed by atoms with Gasteiger partial charge in [-0.2, -0.15) is 0 Å². The van der Waals surface area contributed by atoms with E-state index in [2.05, 4.69) is 19.1 Å². The molecule has 2 aromatic rings. The second-order valence-electron chi connectivity index (χ2n) is 8.80. The van der Waals surface area contributed by atoms with Crippen molar-refractivity contribution in [3.05, 3.63) is 58.9 Å². The molecular formula is C24H32N4O4. The smallest absolute Gasteiger partial charge is 0.320 e. The summed E-state index contributed by atoms with van der Waals surface area (Å²) in [5.41, 5.74) is 4.16. The number of carbonyl (C=O) groups excluding carboxylic acids is 2. The van der Waals surface area contributed by atoms with Gasteiger partial charge in [0.1, 0.15) is 0 Å². The van der Waals surface area contributed by atoms with Gasteiger partial charge in [-0.1, -0.05) is 24.3 Å². The molecule has 1 N–H and O–H groups in total. The van der Waals surface area contributed by atoms with Gasteiger partial charge >= 0.3 is 6.03 Å². The van der Waals surface area contributed by atoms with Crippen LogP contribution in [0.5, 0.6) is 0 Å². The fourth-order valence-electron chi connectivity index (χ4n) is 4.99. The van der Waals surface area contributed by atoms with Crippen LogP contribution in [0.4, 0.5) is 4.79 Å². The van der Waals surface area contributed by atoms with Crippen molar-refractivity contribution in [3.63, 3.8) is 0 Å². The van der Waals surface area contributed by atoms with Gasteiger partial charge in [-0.05, 0) is 31.0 Å². The van der Waals surface area contributed by atoms with E-state index in [-0.39, 0.29) is 30.4 Å². The molecule has 0 spiro atoms. The Morgan fingerprint density at radius 3 is 2.31 bits per heavy atom. The number of urea groups is 1. The first-order valence-electron chi connectivity index (χ1n) is 10.7. The first-order chi connectivity index (χ1) is 15.2. The van der Waals surface area contributed by atoms with Crippen LogP contribution in [-0.2, 0) is 11.8 Å². The molecule has 172 valence electrons. The number of benzene rings is 1. The number of aromatic nitrogens is 1. The van der Waals surface area contributed by atoms with E-state index in [0.717, 1.165) is 11.3 Å². The molecule has 2 fully saturated rings. The molecule has 0 radical (unpaired) electrons. The van der Waals surface area contributed by atoms with E-state index in [1.54, 1.807) is 19.0 Å². The van der Waals surface area contributed by atoms with E-state index in [1.807, 2.05) is 52.7 Å². The van der Waals surface area contributed by atoms with Crippen LogP contribution in [0.15, 0.2) is 36.5 Å². The minimum Gasteiger partial charge on any atom is -0.483 e. The number of aryl methyl sites for hydroxylation is 2. The van der Waals surface area contributed by atoms with Crippen LogP contribution in [0.2, 0.25) is 0 Å². The van der Waals surface area contributed by atoms with Crippen molar-refractivity contribution in [2.24, 2.45) is 18.9 Å². The molecule has 2 aliphatic rings. The second-order valence-corrected chi connectivity index (χ2v) is 8.80. The Hall–Kier alpha value is -3.29. The minimum absolute atomic E-state index is 0.00534. The second kappa shape index (κ2) is 9.46. The summed E-state index contributed by atoms with van der Waals surface area (Å²) in [6.45, 7) is 5.92. The van der Waals surface area contributed by atoms with Gasteiger partial charge in [-0.3, -0.25) is 9.59 Å². The van der Waals surface area contributed by atoms with Crippen LogP contribution < -0.4 is 0 Å². The van der Waals surface area contributed by atoms with E-state index < -0.39 is 0 Å². The van der Waals surface area contributed by atoms with Crippen molar-refractivity contribution in [2.45, 2.75) is 19.9 Å². The summed E-state index contributed by atoms with van der Waals surface area (Å²) in [5.74, 6) is 0.663. The fraction of sp³-hybridized carbons (Fsp3) is 0.458. The summed E-state index contributed by atoms with van der Waals surface area (Å²) in [6.07, 6.45) is 1.94. The van der Waals surface area contributed by atoms with Gasteiger partial charge in [-0.15, -0.1) is 0 Å². The highest BCUT2D eigenvalue weighted by molar-refractivity contribution is 5.95. The molecule has 4 rings (SSSR count). The highest BCUT2D eigenvalue weighted by atomic mass is 16.3. The Kier molecular flexibility index (Phi) is 6.91. The Morgan fingerprint density at radius 1 is 1.09 bits per heavy atom. The van der Waals surface area contributed by atoms with Crippen molar-refractivity contribution in [2.75, 3.05) is 33.7 Å². The van der Waals surface area contributed by atoms with E-state index in [1.165, 1.54) is 11.1 Å². The zero-order valence-corrected chi connectivity index (χ0v) is 19.4. The Balaban J connectivity index is 0.000000913. The topological polar surface area (TPSA) is 86.1 Å². The molecule has 8 nitrogen and oxygen atoms in total. The molecule has 3 atom stereocenters.